The van der Waals surface area contributed by atoms with Gasteiger partial charge in [-0.15, -0.1) is 0 Å². The molecule has 1 saturated carbocycles. The van der Waals surface area contributed by atoms with E-state index in [4.69, 9.17) is 9.84 Å². The van der Waals surface area contributed by atoms with E-state index >= 15 is 0 Å². The lowest BCUT2D eigenvalue weighted by atomic mass is 9.83. The van der Waals surface area contributed by atoms with E-state index in [1.807, 2.05) is 20.8 Å². The van der Waals surface area contributed by atoms with Crippen molar-refractivity contribution in [3.63, 3.8) is 0 Å². The predicted molar refractivity (Wildman–Crippen MR) is 71.4 cm³/mol. The Kier molecular flexibility index (Phi) is 5.93. The first-order valence-corrected chi connectivity index (χ1v) is 7.03. The van der Waals surface area contributed by atoms with Gasteiger partial charge in [0.05, 0.1) is 0 Å². The zero-order chi connectivity index (χ0) is 13.6. The highest BCUT2D eigenvalue weighted by atomic mass is 16.6. The number of carbonyl (C=O) groups is 1. The Hall–Kier alpha value is -0.770. The Bertz CT molecular complexity index is 254. The largest absolute Gasteiger partial charge is 0.444 e. The van der Waals surface area contributed by atoms with Crippen molar-refractivity contribution in [1.82, 2.24) is 5.32 Å². The number of rotatable bonds is 4. The molecular formula is C14H27NO3. The minimum absolute atomic E-state index is 0.0464. The molecular weight excluding hydrogens is 230 g/mol. The lowest BCUT2D eigenvalue weighted by Gasteiger charge is -2.31. The van der Waals surface area contributed by atoms with Crippen molar-refractivity contribution >= 4 is 6.09 Å². The van der Waals surface area contributed by atoms with Gasteiger partial charge in [0, 0.05) is 12.6 Å². The fraction of sp³-hybridized carbons (Fsp3) is 0.929. The van der Waals surface area contributed by atoms with E-state index in [9.17, 15) is 4.79 Å². The first-order chi connectivity index (χ1) is 8.42. The van der Waals surface area contributed by atoms with Crippen molar-refractivity contribution in [2.75, 3.05) is 6.61 Å². The second-order valence-corrected chi connectivity index (χ2v) is 6.16. The summed E-state index contributed by atoms with van der Waals surface area (Å²) in [7, 11) is 0. The molecule has 1 atom stereocenters. The molecule has 2 N–H and O–H groups in total. The third kappa shape index (κ3) is 5.71. The molecule has 1 aliphatic carbocycles. The van der Waals surface area contributed by atoms with Crippen molar-refractivity contribution < 1.29 is 14.6 Å². The second-order valence-electron chi connectivity index (χ2n) is 6.16. The summed E-state index contributed by atoms with van der Waals surface area (Å²) < 4.78 is 5.27. The minimum atomic E-state index is -0.472. The lowest BCUT2D eigenvalue weighted by Crippen LogP contribution is -2.44. The monoisotopic (exact) mass is 257 g/mol. The summed E-state index contributed by atoms with van der Waals surface area (Å²) >= 11 is 0. The summed E-state index contributed by atoms with van der Waals surface area (Å²) in [6.45, 7) is 5.67. The minimum Gasteiger partial charge on any atom is -0.444 e. The molecule has 0 unspecified atom stereocenters. The van der Waals surface area contributed by atoms with Crippen LogP contribution in [0.3, 0.4) is 0 Å². The molecule has 0 heterocycles. The molecule has 0 spiro atoms. The van der Waals surface area contributed by atoms with Crippen LogP contribution in [0.5, 0.6) is 0 Å². The van der Waals surface area contributed by atoms with Crippen LogP contribution in [0.15, 0.2) is 0 Å². The topological polar surface area (TPSA) is 58.6 Å². The lowest BCUT2D eigenvalue weighted by molar-refractivity contribution is 0.0465. The molecule has 0 radical (unpaired) electrons. The van der Waals surface area contributed by atoms with Gasteiger partial charge >= 0.3 is 6.09 Å². The second kappa shape index (κ2) is 6.98. The summed E-state index contributed by atoms with van der Waals surface area (Å²) in [5.41, 5.74) is -0.472. The molecule has 0 saturated heterocycles. The standard InChI is InChI=1S/C14H27NO3/c1-14(2,3)18-13(17)15-12(9-10-16)11-7-5-4-6-8-11/h11-12,16H,4-10H2,1-3H3,(H,15,17)/t12-/m1/s1. The summed E-state index contributed by atoms with van der Waals surface area (Å²) in [4.78, 5) is 11.8. The van der Waals surface area contributed by atoms with Gasteiger partial charge in [-0.25, -0.2) is 4.79 Å². The van der Waals surface area contributed by atoms with E-state index in [1.54, 1.807) is 0 Å². The molecule has 18 heavy (non-hydrogen) atoms. The Labute approximate surface area is 110 Å². The van der Waals surface area contributed by atoms with E-state index in [-0.39, 0.29) is 18.7 Å². The Morgan fingerprint density at radius 2 is 1.94 bits per heavy atom. The maximum absolute atomic E-state index is 11.8. The molecule has 1 rings (SSSR count). The quantitative estimate of drug-likeness (QED) is 0.814. The molecule has 0 aromatic rings. The van der Waals surface area contributed by atoms with Crippen molar-refractivity contribution in [1.29, 1.82) is 0 Å². The fourth-order valence-electron chi connectivity index (χ4n) is 2.56. The molecule has 0 aromatic heterocycles. The van der Waals surface area contributed by atoms with Crippen LogP contribution in [0.4, 0.5) is 4.79 Å². The average Bonchev–Trinajstić information content (AvgIpc) is 2.27. The zero-order valence-electron chi connectivity index (χ0n) is 11.9. The van der Waals surface area contributed by atoms with Crippen molar-refractivity contribution in [3.05, 3.63) is 0 Å². The van der Waals surface area contributed by atoms with Gasteiger partial charge in [0.2, 0.25) is 0 Å². The molecule has 1 amide bonds. The normalized spacial score (nSPS) is 19.3. The summed E-state index contributed by atoms with van der Waals surface area (Å²) in [6.07, 6.45) is 6.26. The van der Waals surface area contributed by atoms with Gasteiger partial charge in [-0.1, -0.05) is 19.3 Å². The smallest absolute Gasteiger partial charge is 0.407 e. The van der Waals surface area contributed by atoms with Gasteiger partial charge in [0.25, 0.3) is 0 Å². The molecule has 0 aliphatic heterocycles. The van der Waals surface area contributed by atoms with Gasteiger partial charge in [0.15, 0.2) is 0 Å². The molecule has 0 aromatic carbocycles. The van der Waals surface area contributed by atoms with Gasteiger partial charge in [-0.05, 0) is 46.0 Å². The summed E-state index contributed by atoms with van der Waals surface area (Å²) in [5.74, 6) is 0.485. The number of aliphatic hydroxyl groups excluding tert-OH is 1. The van der Waals surface area contributed by atoms with Crippen molar-refractivity contribution in [2.24, 2.45) is 5.92 Å². The van der Waals surface area contributed by atoms with Crippen LogP contribution in [-0.2, 0) is 4.74 Å². The molecule has 106 valence electrons. The Balaban J connectivity index is 2.48. The molecule has 1 aliphatic rings. The van der Waals surface area contributed by atoms with Gasteiger partial charge < -0.3 is 15.2 Å². The van der Waals surface area contributed by atoms with Gasteiger partial charge in [0.1, 0.15) is 5.60 Å². The molecule has 1 fully saturated rings. The average molecular weight is 257 g/mol. The molecule has 4 nitrogen and oxygen atoms in total. The van der Waals surface area contributed by atoms with Crippen LogP contribution in [0, 0.1) is 5.92 Å². The fourth-order valence-corrected chi connectivity index (χ4v) is 2.56. The molecule has 4 heteroatoms. The Morgan fingerprint density at radius 3 is 2.44 bits per heavy atom. The van der Waals surface area contributed by atoms with Crippen molar-refractivity contribution in [2.45, 2.75) is 70.9 Å². The number of hydrogen-bond acceptors (Lipinski definition) is 3. The number of amides is 1. The Morgan fingerprint density at radius 1 is 1.33 bits per heavy atom. The van der Waals surface area contributed by atoms with E-state index in [2.05, 4.69) is 5.32 Å². The highest BCUT2D eigenvalue weighted by Crippen LogP contribution is 2.27. The van der Waals surface area contributed by atoms with Crippen molar-refractivity contribution in [3.8, 4) is 0 Å². The predicted octanol–water partition coefficient (Wildman–Crippen LogP) is 2.84. The number of aliphatic hydroxyl groups is 1. The number of carbonyl (C=O) groups excluding carboxylic acids is 1. The zero-order valence-corrected chi connectivity index (χ0v) is 11.9. The van der Waals surface area contributed by atoms with Crippen LogP contribution in [0.1, 0.15) is 59.3 Å². The van der Waals surface area contributed by atoms with Crippen LogP contribution in [0.2, 0.25) is 0 Å². The summed E-state index contributed by atoms with van der Waals surface area (Å²) in [5, 5.41) is 12.0. The maximum Gasteiger partial charge on any atom is 0.407 e. The first-order valence-electron chi connectivity index (χ1n) is 7.03. The van der Waals surface area contributed by atoms with Crippen LogP contribution < -0.4 is 5.32 Å². The SMILES string of the molecule is CC(C)(C)OC(=O)N[C@H](CCO)C1CCCCC1. The maximum atomic E-state index is 11.8. The highest BCUT2D eigenvalue weighted by Gasteiger charge is 2.26. The summed E-state index contributed by atoms with van der Waals surface area (Å²) in [6, 6.07) is 0.0464. The number of alkyl carbamates (subject to hydrolysis) is 1. The van der Waals surface area contributed by atoms with E-state index in [1.165, 1.54) is 19.3 Å². The third-order valence-electron chi connectivity index (χ3n) is 3.36. The van der Waals surface area contributed by atoms with Crippen LogP contribution in [-0.4, -0.2) is 29.4 Å². The van der Waals surface area contributed by atoms with Gasteiger partial charge in [-0.2, -0.15) is 0 Å². The van der Waals surface area contributed by atoms with E-state index < -0.39 is 5.60 Å². The van der Waals surface area contributed by atoms with Crippen LogP contribution >= 0.6 is 0 Å². The number of ether oxygens (including phenoxy) is 1. The van der Waals surface area contributed by atoms with Gasteiger partial charge in [-0.3, -0.25) is 0 Å². The third-order valence-corrected chi connectivity index (χ3v) is 3.36. The first kappa shape index (κ1) is 15.3. The van der Waals surface area contributed by atoms with Crippen LogP contribution in [0.25, 0.3) is 0 Å². The van der Waals surface area contributed by atoms with E-state index in [0.717, 1.165) is 12.8 Å². The number of hydrogen-bond donors (Lipinski definition) is 2. The highest BCUT2D eigenvalue weighted by molar-refractivity contribution is 5.68. The number of nitrogens with one attached hydrogen (secondary N) is 1. The molecule has 0 bridgehead atoms. The van der Waals surface area contributed by atoms with E-state index in [0.29, 0.717) is 12.3 Å².